The number of ketones is 1. The molecule has 0 spiro atoms. The number of Topliss-reactive ketones (excluding diaryl/α,β-unsaturated/α-hetero) is 1. The summed E-state index contributed by atoms with van der Waals surface area (Å²) < 4.78 is 4.79. The molecule has 0 N–H and O–H groups in total. The largest absolute Gasteiger partial charge is 0.462 e. The molecule has 4 heteroatoms. The van der Waals surface area contributed by atoms with E-state index in [1.54, 1.807) is 13.0 Å². The minimum atomic E-state index is -0.557. The number of rotatable bonds is 4. The zero-order valence-corrected chi connectivity index (χ0v) is 9.47. The molecule has 0 aliphatic heterocycles. The van der Waals surface area contributed by atoms with Crippen molar-refractivity contribution < 1.29 is 14.3 Å². The number of ether oxygens (including phenoxy) is 1. The summed E-state index contributed by atoms with van der Waals surface area (Å²) >= 11 is 1.47. The monoisotopic (exact) mass is 224 g/mol. The molecule has 0 saturated carbocycles. The number of hydrogen-bond acceptors (Lipinski definition) is 4. The van der Waals surface area contributed by atoms with Crippen molar-refractivity contribution in [3.63, 3.8) is 0 Å². The van der Waals surface area contributed by atoms with Gasteiger partial charge >= 0.3 is 5.97 Å². The van der Waals surface area contributed by atoms with Gasteiger partial charge in [0.2, 0.25) is 0 Å². The van der Waals surface area contributed by atoms with E-state index < -0.39 is 5.97 Å². The highest BCUT2D eigenvalue weighted by Crippen LogP contribution is 2.14. The lowest BCUT2D eigenvalue weighted by atomic mass is 10.1. The van der Waals surface area contributed by atoms with Crippen LogP contribution < -0.4 is 0 Å². The van der Waals surface area contributed by atoms with Gasteiger partial charge in [-0.25, -0.2) is 4.79 Å². The minimum absolute atomic E-state index is 0.0966. The number of esters is 1. The summed E-state index contributed by atoms with van der Waals surface area (Å²) in [5, 5.41) is 1.88. The fourth-order valence-electron chi connectivity index (χ4n) is 1.03. The van der Waals surface area contributed by atoms with Gasteiger partial charge in [0.1, 0.15) is 5.57 Å². The molecule has 0 aliphatic carbocycles. The van der Waals surface area contributed by atoms with Gasteiger partial charge in [-0.3, -0.25) is 4.79 Å². The van der Waals surface area contributed by atoms with Gasteiger partial charge in [-0.05, 0) is 31.4 Å². The van der Waals surface area contributed by atoms with Gasteiger partial charge in [0, 0.05) is 4.88 Å². The smallest absolute Gasteiger partial charge is 0.341 e. The summed E-state index contributed by atoms with van der Waals surface area (Å²) in [5.41, 5.74) is 0.0966. The topological polar surface area (TPSA) is 43.4 Å². The Morgan fingerprint density at radius 3 is 2.73 bits per heavy atom. The first-order valence-corrected chi connectivity index (χ1v) is 5.46. The lowest BCUT2D eigenvalue weighted by Gasteiger charge is -2.02. The number of carbonyl (C=O) groups is 2. The van der Waals surface area contributed by atoms with Gasteiger partial charge < -0.3 is 4.74 Å². The van der Waals surface area contributed by atoms with Crippen LogP contribution in [-0.4, -0.2) is 18.4 Å². The molecular weight excluding hydrogens is 212 g/mol. The van der Waals surface area contributed by atoms with E-state index in [2.05, 4.69) is 0 Å². The molecule has 0 saturated heterocycles. The third-order valence-electron chi connectivity index (χ3n) is 1.70. The number of hydrogen-bond donors (Lipinski definition) is 0. The SMILES string of the molecule is CCOC(=O)/C(=C/c1cccs1)C(C)=O. The first kappa shape index (κ1) is 11.7. The third-order valence-corrected chi connectivity index (χ3v) is 2.52. The molecule has 1 aromatic rings. The predicted octanol–water partition coefficient (Wildman–Crippen LogP) is 2.28. The summed E-state index contributed by atoms with van der Waals surface area (Å²) in [4.78, 5) is 23.5. The molecule has 0 unspecified atom stereocenters. The zero-order valence-electron chi connectivity index (χ0n) is 8.65. The molecule has 1 aromatic heterocycles. The van der Waals surface area contributed by atoms with Crippen molar-refractivity contribution in [3.05, 3.63) is 28.0 Å². The zero-order chi connectivity index (χ0) is 11.3. The van der Waals surface area contributed by atoms with Crippen LogP contribution in [0.25, 0.3) is 6.08 Å². The standard InChI is InChI=1S/C11H12O3S/c1-3-14-11(13)10(8(2)12)7-9-5-4-6-15-9/h4-7H,3H2,1-2H3/b10-7+. The molecule has 0 aliphatic rings. The lowest BCUT2D eigenvalue weighted by molar-refractivity contribution is -0.139. The normalized spacial score (nSPS) is 11.2. The van der Waals surface area contributed by atoms with Crippen LogP contribution >= 0.6 is 11.3 Å². The van der Waals surface area contributed by atoms with Crippen molar-refractivity contribution in [1.29, 1.82) is 0 Å². The van der Waals surface area contributed by atoms with Crippen molar-refractivity contribution >= 4 is 29.2 Å². The summed E-state index contributed by atoms with van der Waals surface area (Å²) in [7, 11) is 0. The number of thiophene rings is 1. The van der Waals surface area contributed by atoms with Gasteiger partial charge in [-0.2, -0.15) is 0 Å². The van der Waals surface area contributed by atoms with Gasteiger partial charge in [-0.1, -0.05) is 6.07 Å². The first-order chi connectivity index (χ1) is 7.15. The Morgan fingerprint density at radius 2 is 2.27 bits per heavy atom. The van der Waals surface area contributed by atoms with Crippen LogP contribution in [0.3, 0.4) is 0 Å². The van der Waals surface area contributed by atoms with Crippen molar-refractivity contribution in [3.8, 4) is 0 Å². The lowest BCUT2D eigenvalue weighted by Crippen LogP contribution is -2.13. The van der Waals surface area contributed by atoms with Crippen LogP contribution in [0.15, 0.2) is 23.1 Å². The van der Waals surface area contributed by atoms with Crippen molar-refractivity contribution in [2.75, 3.05) is 6.61 Å². The molecular formula is C11H12O3S. The fraction of sp³-hybridized carbons (Fsp3) is 0.273. The second-order valence-corrected chi connectivity index (χ2v) is 3.83. The molecule has 0 aromatic carbocycles. The van der Waals surface area contributed by atoms with Gasteiger partial charge in [0.05, 0.1) is 6.61 Å². The van der Waals surface area contributed by atoms with E-state index in [9.17, 15) is 9.59 Å². The van der Waals surface area contributed by atoms with E-state index in [1.807, 2.05) is 17.5 Å². The molecule has 0 amide bonds. The average Bonchev–Trinajstić information content (AvgIpc) is 2.66. The highest BCUT2D eigenvalue weighted by atomic mass is 32.1. The van der Waals surface area contributed by atoms with Crippen LogP contribution in [-0.2, 0) is 14.3 Å². The number of carbonyl (C=O) groups excluding carboxylic acids is 2. The van der Waals surface area contributed by atoms with E-state index in [0.29, 0.717) is 0 Å². The molecule has 0 bridgehead atoms. The van der Waals surface area contributed by atoms with E-state index in [0.717, 1.165) is 4.88 Å². The molecule has 3 nitrogen and oxygen atoms in total. The maximum atomic E-state index is 11.4. The molecule has 0 fully saturated rings. The average molecular weight is 224 g/mol. The van der Waals surface area contributed by atoms with Crippen molar-refractivity contribution in [2.24, 2.45) is 0 Å². The summed E-state index contributed by atoms with van der Waals surface area (Å²) in [6.45, 7) is 3.34. The molecule has 1 rings (SSSR count). The minimum Gasteiger partial charge on any atom is -0.462 e. The summed E-state index contributed by atoms with van der Waals surface area (Å²) in [5.74, 6) is -0.833. The van der Waals surface area contributed by atoms with E-state index >= 15 is 0 Å². The van der Waals surface area contributed by atoms with Gasteiger partial charge in [0.15, 0.2) is 5.78 Å². The van der Waals surface area contributed by atoms with Crippen LogP contribution in [0, 0.1) is 0 Å². The summed E-state index contributed by atoms with van der Waals surface area (Å²) in [6.07, 6.45) is 1.56. The molecule has 1 heterocycles. The Bertz CT molecular complexity index is 377. The second-order valence-electron chi connectivity index (χ2n) is 2.85. The molecule has 15 heavy (non-hydrogen) atoms. The highest BCUT2D eigenvalue weighted by Gasteiger charge is 2.15. The Kier molecular flexibility index (Phi) is 4.24. The Balaban J connectivity index is 2.92. The molecule has 0 radical (unpaired) electrons. The van der Waals surface area contributed by atoms with Crippen LogP contribution in [0.1, 0.15) is 18.7 Å². The third kappa shape index (κ3) is 3.32. The van der Waals surface area contributed by atoms with Gasteiger partial charge in [-0.15, -0.1) is 11.3 Å². The van der Waals surface area contributed by atoms with Crippen LogP contribution in [0.4, 0.5) is 0 Å². The van der Waals surface area contributed by atoms with Crippen molar-refractivity contribution in [2.45, 2.75) is 13.8 Å². The Morgan fingerprint density at radius 1 is 1.53 bits per heavy atom. The Labute approximate surface area is 92.4 Å². The van der Waals surface area contributed by atoms with E-state index in [1.165, 1.54) is 18.3 Å². The van der Waals surface area contributed by atoms with Gasteiger partial charge in [0.25, 0.3) is 0 Å². The van der Waals surface area contributed by atoms with E-state index in [4.69, 9.17) is 4.74 Å². The van der Waals surface area contributed by atoms with E-state index in [-0.39, 0.29) is 18.0 Å². The maximum Gasteiger partial charge on any atom is 0.341 e. The highest BCUT2D eigenvalue weighted by molar-refractivity contribution is 7.10. The summed E-state index contributed by atoms with van der Waals surface area (Å²) in [6, 6.07) is 3.70. The first-order valence-electron chi connectivity index (χ1n) is 4.58. The van der Waals surface area contributed by atoms with Crippen LogP contribution in [0.5, 0.6) is 0 Å². The maximum absolute atomic E-state index is 11.4. The Hall–Kier alpha value is -1.42. The second kappa shape index (κ2) is 5.46. The molecule has 0 atom stereocenters. The van der Waals surface area contributed by atoms with Crippen LogP contribution in [0.2, 0.25) is 0 Å². The quantitative estimate of drug-likeness (QED) is 0.341. The predicted molar refractivity (Wildman–Crippen MR) is 59.6 cm³/mol. The fourth-order valence-corrected chi connectivity index (χ4v) is 1.69. The van der Waals surface area contributed by atoms with Crippen molar-refractivity contribution in [1.82, 2.24) is 0 Å². The molecule has 80 valence electrons.